The fourth-order valence-corrected chi connectivity index (χ4v) is 0.453. The Hall–Kier alpha value is -0.990. The van der Waals surface area contributed by atoms with Gasteiger partial charge in [-0.15, -0.1) is 5.10 Å². The Labute approximate surface area is 61.6 Å². The zero-order valence-corrected chi connectivity index (χ0v) is 6.66. The number of hydrogen-bond donors (Lipinski definition) is 1. The van der Waals surface area contributed by atoms with Crippen LogP contribution in [0.4, 0.5) is 0 Å². The normalized spacial score (nSPS) is 13.0. The third kappa shape index (κ3) is 3.12. The lowest BCUT2D eigenvalue weighted by atomic mass is 10.2. The highest BCUT2D eigenvalue weighted by molar-refractivity contribution is 5.78. The Morgan fingerprint density at radius 2 is 2.20 bits per heavy atom. The quantitative estimate of drug-likeness (QED) is 0.208. The summed E-state index contributed by atoms with van der Waals surface area (Å²) in [5, 5.41) is 3.47. The monoisotopic (exact) mass is 142 g/mol. The molecule has 0 aliphatic heterocycles. The predicted octanol–water partition coefficient (Wildman–Crippen LogP) is 1.46. The van der Waals surface area contributed by atoms with Gasteiger partial charge in [0.15, 0.2) is 0 Å². The average molecular weight is 142 g/mol. The molecule has 0 amide bonds. The van der Waals surface area contributed by atoms with Crippen LogP contribution in [0.15, 0.2) is 17.4 Å². The maximum Gasteiger partial charge on any atom is 0.213 e. The Morgan fingerprint density at radius 3 is 2.50 bits per heavy atom. The highest BCUT2D eigenvalue weighted by Crippen LogP contribution is 1.97. The lowest BCUT2D eigenvalue weighted by Gasteiger charge is -2.05. The van der Waals surface area contributed by atoms with Gasteiger partial charge in [0, 0.05) is 5.92 Å². The van der Waals surface area contributed by atoms with Gasteiger partial charge in [-0.05, 0) is 6.92 Å². The number of hydrazone groups is 1. The molecule has 0 unspecified atom stereocenters. The van der Waals surface area contributed by atoms with Crippen molar-refractivity contribution in [1.82, 2.24) is 0 Å². The summed E-state index contributed by atoms with van der Waals surface area (Å²) in [7, 11) is 0. The van der Waals surface area contributed by atoms with Crippen molar-refractivity contribution in [2.75, 3.05) is 0 Å². The molecule has 0 rings (SSSR count). The van der Waals surface area contributed by atoms with Crippen molar-refractivity contribution in [2.45, 2.75) is 20.8 Å². The molecule has 0 aromatic heterocycles. The molecule has 0 aliphatic carbocycles. The second-order valence-corrected chi connectivity index (χ2v) is 2.21. The minimum absolute atomic E-state index is 0.237. The van der Waals surface area contributed by atoms with Gasteiger partial charge in [-0.2, -0.15) is 0 Å². The van der Waals surface area contributed by atoms with E-state index in [9.17, 15) is 0 Å². The number of ether oxygens (including phenoxy) is 1. The molecule has 2 N–H and O–H groups in total. The molecule has 3 heteroatoms. The number of rotatable bonds is 2. The van der Waals surface area contributed by atoms with Crippen molar-refractivity contribution in [3.8, 4) is 0 Å². The van der Waals surface area contributed by atoms with Crippen LogP contribution in [0, 0.1) is 5.92 Å². The van der Waals surface area contributed by atoms with E-state index in [0.717, 1.165) is 0 Å². The van der Waals surface area contributed by atoms with E-state index >= 15 is 0 Å². The Bertz CT molecular complexity index is 139. The van der Waals surface area contributed by atoms with Gasteiger partial charge in [-0.25, -0.2) is 0 Å². The third-order valence-corrected chi connectivity index (χ3v) is 0.946. The van der Waals surface area contributed by atoms with E-state index in [4.69, 9.17) is 10.6 Å². The van der Waals surface area contributed by atoms with Crippen molar-refractivity contribution in [2.24, 2.45) is 16.9 Å². The number of nitrogens with zero attached hydrogens (tertiary/aromatic N) is 1. The van der Waals surface area contributed by atoms with Gasteiger partial charge < -0.3 is 10.6 Å². The summed E-state index contributed by atoms with van der Waals surface area (Å²) < 4.78 is 5.05. The van der Waals surface area contributed by atoms with Gasteiger partial charge >= 0.3 is 0 Å². The topological polar surface area (TPSA) is 47.6 Å². The Balaban J connectivity index is 3.86. The predicted molar refractivity (Wildman–Crippen MR) is 42.4 cm³/mol. The van der Waals surface area contributed by atoms with Crippen LogP contribution in [-0.2, 0) is 4.74 Å². The molecule has 0 atom stereocenters. The van der Waals surface area contributed by atoms with E-state index in [1.165, 1.54) is 0 Å². The SMILES string of the molecule is C/C=C\O/C(=N\N)C(C)C. The van der Waals surface area contributed by atoms with Gasteiger partial charge in [-0.3, -0.25) is 0 Å². The van der Waals surface area contributed by atoms with E-state index in [2.05, 4.69) is 5.10 Å². The number of nitrogens with two attached hydrogens (primary N) is 1. The van der Waals surface area contributed by atoms with Crippen LogP contribution in [0.1, 0.15) is 20.8 Å². The summed E-state index contributed by atoms with van der Waals surface area (Å²) in [6, 6.07) is 0. The molecule has 10 heavy (non-hydrogen) atoms. The Morgan fingerprint density at radius 1 is 1.60 bits per heavy atom. The molecule has 0 fully saturated rings. The molecule has 0 heterocycles. The highest BCUT2D eigenvalue weighted by Gasteiger charge is 2.02. The molecule has 0 bridgehead atoms. The van der Waals surface area contributed by atoms with E-state index in [1.54, 1.807) is 12.3 Å². The maximum absolute atomic E-state index is 5.05. The second-order valence-electron chi connectivity index (χ2n) is 2.21. The summed E-state index contributed by atoms with van der Waals surface area (Å²) in [4.78, 5) is 0. The zero-order chi connectivity index (χ0) is 7.98. The van der Waals surface area contributed by atoms with Gasteiger partial charge in [0.2, 0.25) is 5.90 Å². The molecule has 0 spiro atoms. The number of hydrogen-bond acceptors (Lipinski definition) is 3. The summed E-state index contributed by atoms with van der Waals surface area (Å²) in [5.74, 6) is 5.83. The van der Waals surface area contributed by atoms with Gasteiger partial charge in [0.25, 0.3) is 0 Å². The first-order valence-electron chi connectivity index (χ1n) is 3.28. The van der Waals surface area contributed by atoms with Crippen molar-refractivity contribution < 1.29 is 4.74 Å². The minimum Gasteiger partial charge on any atom is -0.449 e. The molecule has 0 aromatic rings. The number of allylic oxidation sites excluding steroid dienone is 1. The third-order valence-electron chi connectivity index (χ3n) is 0.946. The van der Waals surface area contributed by atoms with Crippen molar-refractivity contribution in [3.63, 3.8) is 0 Å². The fraction of sp³-hybridized carbons (Fsp3) is 0.571. The molecular formula is C7H14N2O. The lowest BCUT2D eigenvalue weighted by molar-refractivity contribution is 0.433. The first-order chi connectivity index (χ1) is 4.72. The van der Waals surface area contributed by atoms with Crippen LogP contribution in [0.25, 0.3) is 0 Å². The van der Waals surface area contributed by atoms with E-state index in [1.807, 2.05) is 20.8 Å². The van der Waals surface area contributed by atoms with Crippen LogP contribution < -0.4 is 5.84 Å². The molecule has 3 nitrogen and oxygen atoms in total. The largest absolute Gasteiger partial charge is 0.449 e. The van der Waals surface area contributed by atoms with Crippen molar-refractivity contribution >= 4 is 5.90 Å². The fourth-order valence-electron chi connectivity index (χ4n) is 0.453. The summed E-state index contributed by atoms with van der Waals surface area (Å²) in [5.41, 5.74) is 0. The first-order valence-corrected chi connectivity index (χ1v) is 3.28. The molecule has 0 saturated heterocycles. The smallest absolute Gasteiger partial charge is 0.213 e. The molecule has 0 aromatic carbocycles. The van der Waals surface area contributed by atoms with Crippen molar-refractivity contribution in [1.29, 1.82) is 0 Å². The summed E-state index contributed by atoms with van der Waals surface area (Å²) in [6.07, 6.45) is 3.35. The molecule has 0 aliphatic rings. The van der Waals surface area contributed by atoms with Crippen LogP contribution in [0.3, 0.4) is 0 Å². The van der Waals surface area contributed by atoms with Crippen molar-refractivity contribution in [3.05, 3.63) is 12.3 Å². The molecular weight excluding hydrogens is 128 g/mol. The van der Waals surface area contributed by atoms with Gasteiger partial charge in [0.1, 0.15) is 0 Å². The molecule has 58 valence electrons. The highest BCUT2D eigenvalue weighted by atomic mass is 16.5. The lowest BCUT2D eigenvalue weighted by Crippen LogP contribution is -2.11. The summed E-state index contributed by atoms with van der Waals surface area (Å²) >= 11 is 0. The Kier molecular flexibility index (Phi) is 4.37. The van der Waals surface area contributed by atoms with Crippen LogP contribution in [-0.4, -0.2) is 5.90 Å². The standard InChI is InChI=1S/C7H14N2O/c1-4-5-10-7(9-8)6(2)3/h4-6H,8H2,1-3H3/b5-4-,9-7-. The van der Waals surface area contributed by atoms with Gasteiger partial charge in [-0.1, -0.05) is 19.9 Å². The first kappa shape index (κ1) is 9.01. The minimum atomic E-state index is 0.237. The van der Waals surface area contributed by atoms with Crippen LogP contribution >= 0.6 is 0 Å². The molecule has 0 radical (unpaired) electrons. The maximum atomic E-state index is 5.05. The van der Waals surface area contributed by atoms with Gasteiger partial charge in [0.05, 0.1) is 6.26 Å². The van der Waals surface area contributed by atoms with Crippen LogP contribution in [0.5, 0.6) is 0 Å². The van der Waals surface area contributed by atoms with E-state index < -0.39 is 0 Å². The second kappa shape index (κ2) is 4.85. The molecule has 0 saturated carbocycles. The average Bonchev–Trinajstić information content (AvgIpc) is 1.89. The zero-order valence-electron chi connectivity index (χ0n) is 6.66. The summed E-state index contributed by atoms with van der Waals surface area (Å²) in [6.45, 7) is 5.80. The van der Waals surface area contributed by atoms with Crippen LogP contribution in [0.2, 0.25) is 0 Å². The van der Waals surface area contributed by atoms with E-state index in [0.29, 0.717) is 5.90 Å². The van der Waals surface area contributed by atoms with E-state index in [-0.39, 0.29) is 5.92 Å².